The minimum atomic E-state index is 0. The van der Waals surface area contributed by atoms with E-state index in [2.05, 4.69) is 0 Å². The Morgan fingerprint density at radius 1 is 1.47 bits per heavy atom. The minimum absolute atomic E-state index is 0. The molecule has 1 aromatic rings. The number of rotatable bonds is 3. The van der Waals surface area contributed by atoms with Gasteiger partial charge in [0.1, 0.15) is 0 Å². The van der Waals surface area contributed by atoms with Crippen LogP contribution < -0.4 is 5.73 Å². The van der Waals surface area contributed by atoms with Crippen molar-refractivity contribution in [1.82, 2.24) is 4.90 Å². The van der Waals surface area contributed by atoms with Crippen LogP contribution in [0.5, 0.6) is 0 Å². The molecule has 1 aliphatic rings. The molecule has 1 aliphatic heterocycles. The predicted molar refractivity (Wildman–Crippen MR) is 81.0 cm³/mol. The zero-order chi connectivity index (χ0) is 13.0. The van der Waals surface area contributed by atoms with Gasteiger partial charge in [-0.05, 0) is 49.9 Å². The molecule has 19 heavy (non-hydrogen) atoms. The summed E-state index contributed by atoms with van der Waals surface area (Å²) < 4.78 is 0. The van der Waals surface area contributed by atoms with Gasteiger partial charge in [-0.15, -0.1) is 12.4 Å². The Bertz CT molecular complexity index is 424. The monoisotopic (exact) mass is 302 g/mol. The Labute approximate surface area is 125 Å². The van der Waals surface area contributed by atoms with Gasteiger partial charge >= 0.3 is 0 Å². The van der Waals surface area contributed by atoms with E-state index in [9.17, 15) is 4.79 Å². The second-order valence-corrected chi connectivity index (χ2v) is 5.28. The van der Waals surface area contributed by atoms with Crippen molar-refractivity contribution in [3.63, 3.8) is 0 Å². The Morgan fingerprint density at radius 3 is 2.95 bits per heavy atom. The summed E-state index contributed by atoms with van der Waals surface area (Å²) in [6.45, 7) is 2.36. The second-order valence-electron chi connectivity index (χ2n) is 4.85. The molecule has 2 rings (SSSR count). The molecule has 1 fully saturated rings. The van der Waals surface area contributed by atoms with Crippen LogP contribution >= 0.6 is 24.0 Å². The highest BCUT2D eigenvalue weighted by Gasteiger charge is 2.23. The highest BCUT2D eigenvalue weighted by molar-refractivity contribution is 6.30. The van der Waals surface area contributed by atoms with E-state index in [0.717, 1.165) is 25.9 Å². The number of nitrogens with two attached hydrogens (primary N) is 1. The lowest BCUT2D eigenvalue weighted by molar-refractivity contribution is 0.0669. The molecular formula is C14H20Cl2N2O. The highest BCUT2D eigenvalue weighted by atomic mass is 35.5. The number of carbonyl (C=O) groups excluding carboxylic acids is 1. The van der Waals surface area contributed by atoms with Gasteiger partial charge in [-0.25, -0.2) is 0 Å². The largest absolute Gasteiger partial charge is 0.338 e. The molecule has 1 aromatic carbocycles. The number of hydrogen-bond acceptors (Lipinski definition) is 2. The maximum Gasteiger partial charge on any atom is 0.253 e. The number of amides is 1. The molecule has 3 nitrogen and oxygen atoms in total. The van der Waals surface area contributed by atoms with Crippen LogP contribution in [0.15, 0.2) is 24.3 Å². The predicted octanol–water partition coefficient (Wildman–Crippen LogP) is 2.96. The minimum Gasteiger partial charge on any atom is -0.338 e. The average Bonchev–Trinajstić information content (AvgIpc) is 2.39. The van der Waals surface area contributed by atoms with Crippen molar-refractivity contribution in [3.05, 3.63) is 34.9 Å². The van der Waals surface area contributed by atoms with E-state index in [4.69, 9.17) is 17.3 Å². The summed E-state index contributed by atoms with van der Waals surface area (Å²) in [6, 6.07) is 7.15. The van der Waals surface area contributed by atoms with E-state index in [1.165, 1.54) is 6.42 Å². The molecule has 0 bridgehead atoms. The lowest BCUT2D eigenvalue weighted by atomic mass is 9.94. The molecule has 0 aromatic heterocycles. The van der Waals surface area contributed by atoms with Gasteiger partial charge in [0.2, 0.25) is 0 Å². The fraction of sp³-hybridized carbons (Fsp3) is 0.500. The van der Waals surface area contributed by atoms with Gasteiger partial charge in [-0.2, -0.15) is 0 Å². The SMILES string of the molecule is Cl.NCCC1CCCN(C(=O)c2cccc(Cl)c2)C1. The van der Waals surface area contributed by atoms with E-state index in [0.29, 0.717) is 23.0 Å². The number of nitrogens with zero attached hydrogens (tertiary/aromatic N) is 1. The molecule has 0 aliphatic carbocycles. The smallest absolute Gasteiger partial charge is 0.253 e. The van der Waals surface area contributed by atoms with Crippen LogP contribution in [0, 0.1) is 5.92 Å². The number of carbonyl (C=O) groups is 1. The first-order valence-corrected chi connectivity index (χ1v) is 6.83. The lowest BCUT2D eigenvalue weighted by Gasteiger charge is -2.32. The molecule has 1 unspecified atom stereocenters. The first kappa shape index (κ1) is 16.3. The third-order valence-electron chi connectivity index (χ3n) is 3.45. The van der Waals surface area contributed by atoms with E-state index >= 15 is 0 Å². The molecule has 1 saturated heterocycles. The molecule has 0 radical (unpaired) electrons. The van der Waals surface area contributed by atoms with E-state index < -0.39 is 0 Å². The van der Waals surface area contributed by atoms with Crippen LogP contribution in [-0.4, -0.2) is 30.4 Å². The van der Waals surface area contributed by atoms with Crippen LogP contribution in [0.1, 0.15) is 29.6 Å². The lowest BCUT2D eigenvalue weighted by Crippen LogP contribution is -2.40. The van der Waals surface area contributed by atoms with Crippen LogP contribution in [0.2, 0.25) is 5.02 Å². The summed E-state index contributed by atoms with van der Waals surface area (Å²) in [5, 5.41) is 0.608. The molecule has 1 amide bonds. The summed E-state index contributed by atoms with van der Waals surface area (Å²) in [4.78, 5) is 14.3. The van der Waals surface area contributed by atoms with Crippen molar-refractivity contribution in [3.8, 4) is 0 Å². The fourth-order valence-electron chi connectivity index (χ4n) is 2.52. The normalized spacial score (nSPS) is 18.8. The number of benzene rings is 1. The Kier molecular flexibility index (Phi) is 6.63. The summed E-state index contributed by atoms with van der Waals surface area (Å²) in [5.41, 5.74) is 6.27. The van der Waals surface area contributed by atoms with Crippen LogP contribution in [-0.2, 0) is 0 Å². The second kappa shape index (κ2) is 7.73. The molecule has 106 valence electrons. The van der Waals surface area contributed by atoms with E-state index in [1.54, 1.807) is 12.1 Å². The Balaban J connectivity index is 0.00000180. The molecule has 1 heterocycles. The van der Waals surface area contributed by atoms with Crippen molar-refractivity contribution >= 4 is 29.9 Å². The van der Waals surface area contributed by atoms with Gasteiger partial charge in [0.05, 0.1) is 0 Å². The van der Waals surface area contributed by atoms with Crippen LogP contribution in [0.4, 0.5) is 0 Å². The Hall–Kier alpha value is -0.770. The summed E-state index contributed by atoms with van der Waals surface area (Å²) in [5.74, 6) is 0.631. The van der Waals surface area contributed by atoms with E-state index in [-0.39, 0.29) is 18.3 Å². The molecule has 2 N–H and O–H groups in total. The van der Waals surface area contributed by atoms with Crippen molar-refractivity contribution < 1.29 is 4.79 Å². The summed E-state index contributed by atoms with van der Waals surface area (Å²) in [6.07, 6.45) is 3.24. The van der Waals surface area contributed by atoms with Gasteiger partial charge in [0.25, 0.3) is 5.91 Å². The standard InChI is InChI=1S/C14H19ClN2O.ClH/c15-13-5-1-4-12(9-13)14(18)17-8-2-3-11(10-17)6-7-16;/h1,4-5,9,11H,2-3,6-8,10,16H2;1H. The zero-order valence-corrected chi connectivity index (χ0v) is 12.4. The topological polar surface area (TPSA) is 46.3 Å². The van der Waals surface area contributed by atoms with Gasteiger partial charge < -0.3 is 10.6 Å². The molecule has 0 saturated carbocycles. The number of halogens is 2. The van der Waals surface area contributed by atoms with Crippen molar-refractivity contribution in [2.75, 3.05) is 19.6 Å². The number of piperidine rings is 1. The Morgan fingerprint density at radius 2 is 2.26 bits per heavy atom. The van der Waals surface area contributed by atoms with Gasteiger partial charge in [0, 0.05) is 23.7 Å². The maximum absolute atomic E-state index is 12.3. The van der Waals surface area contributed by atoms with Crippen LogP contribution in [0.3, 0.4) is 0 Å². The highest BCUT2D eigenvalue weighted by Crippen LogP contribution is 2.21. The third-order valence-corrected chi connectivity index (χ3v) is 3.69. The summed E-state index contributed by atoms with van der Waals surface area (Å²) >= 11 is 5.92. The number of hydrogen-bond donors (Lipinski definition) is 1. The van der Waals surface area contributed by atoms with Gasteiger partial charge in [-0.1, -0.05) is 17.7 Å². The summed E-state index contributed by atoms with van der Waals surface area (Å²) in [7, 11) is 0. The maximum atomic E-state index is 12.3. The van der Waals surface area contributed by atoms with Crippen LogP contribution in [0.25, 0.3) is 0 Å². The molecule has 1 atom stereocenters. The zero-order valence-electron chi connectivity index (χ0n) is 10.8. The molecular weight excluding hydrogens is 283 g/mol. The third kappa shape index (κ3) is 4.37. The van der Waals surface area contributed by atoms with Gasteiger partial charge in [-0.3, -0.25) is 4.79 Å². The van der Waals surface area contributed by atoms with E-state index in [1.807, 2.05) is 17.0 Å². The van der Waals surface area contributed by atoms with Crippen molar-refractivity contribution in [2.45, 2.75) is 19.3 Å². The average molecular weight is 303 g/mol. The molecule has 0 spiro atoms. The quantitative estimate of drug-likeness (QED) is 0.933. The fourth-order valence-corrected chi connectivity index (χ4v) is 2.72. The van der Waals surface area contributed by atoms with Gasteiger partial charge in [0.15, 0.2) is 0 Å². The first-order valence-electron chi connectivity index (χ1n) is 6.45. The first-order chi connectivity index (χ1) is 8.70. The number of likely N-dealkylation sites (tertiary alicyclic amines) is 1. The van der Waals surface area contributed by atoms with Crippen molar-refractivity contribution in [2.24, 2.45) is 11.7 Å². The van der Waals surface area contributed by atoms with Crippen molar-refractivity contribution in [1.29, 1.82) is 0 Å². The molecule has 5 heteroatoms.